The number of nitrogens with zero attached hydrogens (tertiary/aromatic N) is 1. The molecule has 0 heterocycles. The maximum absolute atomic E-state index is 5.27. The number of methoxy groups -OCH3 is 1. The third-order valence-electron chi connectivity index (χ3n) is 3.18. The molecule has 1 aliphatic carbocycles. The van der Waals surface area contributed by atoms with Crippen LogP contribution in [0.25, 0.3) is 0 Å². The molecule has 1 unspecified atom stereocenters. The minimum atomic E-state index is 0.493. The van der Waals surface area contributed by atoms with Gasteiger partial charge in [0.05, 0.1) is 6.61 Å². The smallest absolute Gasteiger partial charge is 0.0628 e. The van der Waals surface area contributed by atoms with E-state index >= 15 is 0 Å². The highest BCUT2D eigenvalue weighted by Crippen LogP contribution is 2.27. The summed E-state index contributed by atoms with van der Waals surface area (Å²) in [6.45, 7) is 8.68. The van der Waals surface area contributed by atoms with Crippen LogP contribution in [0.15, 0.2) is 0 Å². The van der Waals surface area contributed by atoms with Crippen LogP contribution in [0.4, 0.5) is 0 Å². The van der Waals surface area contributed by atoms with Crippen LogP contribution in [0.1, 0.15) is 39.5 Å². The number of likely N-dealkylation sites (N-methyl/N-ethyl adjacent to an activating group) is 1. The van der Waals surface area contributed by atoms with Gasteiger partial charge in [-0.2, -0.15) is 0 Å². The highest BCUT2D eigenvalue weighted by molar-refractivity contribution is 4.86. The molecule has 1 saturated carbocycles. The van der Waals surface area contributed by atoms with E-state index in [9.17, 15) is 0 Å². The minimum Gasteiger partial charge on any atom is -0.383 e. The number of ether oxygens (including phenoxy) is 1. The van der Waals surface area contributed by atoms with Gasteiger partial charge in [-0.1, -0.05) is 20.3 Å². The molecule has 0 aliphatic heterocycles. The quantitative estimate of drug-likeness (QED) is 0.618. The lowest BCUT2D eigenvalue weighted by Gasteiger charge is -2.27. The van der Waals surface area contributed by atoms with Crippen LogP contribution in [0.2, 0.25) is 0 Å². The van der Waals surface area contributed by atoms with Gasteiger partial charge in [-0.15, -0.1) is 0 Å². The van der Waals surface area contributed by atoms with Crippen molar-refractivity contribution in [2.75, 3.05) is 33.4 Å². The fraction of sp³-hybridized carbons (Fsp3) is 1.00. The molecule has 1 aliphatic rings. The maximum atomic E-state index is 5.27. The normalized spacial score (nSPS) is 18.0. The van der Waals surface area contributed by atoms with Crippen LogP contribution in [-0.4, -0.2) is 50.3 Å². The zero-order valence-corrected chi connectivity index (χ0v) is 11.2. The van der Waals surface area contributed by atoms with E-state index in [0.717, 1.165) is 25.7 Å². The van der Waals surface area contributed by atoms with Gasteiger partial charge in [0.2, 0.25) is 0 Å². The zero-order valence-electron chi connectivity index (χ0n) is 11.2. The summed E-state index contributed by atoms with van der Waals surface area (Å²) < 4.78 is 5.27. The van der Waals surface area contributed by atoms with Gasteiger partial charge in [0, 0.05) is 25.7 Å². The minimum absolute atomic E-state index is 0.493. The van der Waals surface area contributed by atoms with Crippen LogP contribution in [0.3, 0.4) is 0 Å². The van der Waals surface area contributed by atoms with Crippen molar-refractivity contribution >= 4 is 0 Å². The predicted molar refractivity (Wildman–Crippen MR) is 68.8 cm³/mol. The first-order chi connectivity index (χ1) is 7.81. The highest BCUT2D eigenvalue weighted by Gasteiger charge is 2.29. The molecule has 0 bridgehead atoms. The summed E-state index contributed by atoms with van der Waals surface area (Å²) >= 11 is 0. The fourth-order valence-corrected chi connectivity index (χ4v) is 2.17. The van der Waals surface area contributed by atoms with Gasteiger partial charge in [0.25, 0.3) is 0 Å². The summed E-state index contributed by atoms with van der Waals surface area (Å²) in [5, 5.41) is 3.51. The van der Waals surface area contributed by atoms with E-state index < -0.39 is 0 Å². The Kier molecular flexibility index (Phi) is 7.01. The second-order valence-electron chi connectivity index (χ2n) is 4.79. The summed E-state index contributed by atoms with van der Waals surface area (Å²) in [6.07, 6.45) is 5.41. The van der Waals surface area contributed by atoms with Crippen LogP contribution in [0, 0.1) is 0 Å². The van der Waals surface area contributed by atoms with E-state index in [-0.39, 0.29) is 0 Å². The Morgan fingerprint density at radius 3 is 2.62 bits per heavy atom. The van der Waals surface area contributed by atoms with Crippen molar-refractivity contribution in [2.45, 2.75) is 51.6 Å². The molecule has 0 aromatic rings. The molecule has 1 rings (SSSR count). The molecule has 3 heteroatoms. The van der Waals surface area contributed by atoms with Crippen molar-refractivity contribution in [3.63, 3.8) is 0 Å². The lowest BCUT2D eigenvalue weighted by atomic mass is 10.2. The molecule has 96 valence electrons. The number of nitrogens with one attached hydrogen (secondary N) is 1. The molecule has 0 aromatic carbocycles. The molecule has 1 fully saturated rings. The zero-order chi connectivity index (χ0) is 11.8. The Morgan fingerprint density at radius 2 is 2.12 bits per heavy atom. The number of rotatable bonds is 10. The number of hydrogen-bond acceptors (Lipinski definition) is 3. The second-order valence-corrected chi connectivity index (χ2v) is 4.79. The third kappa shape index (κ3) is 5.28. The van der Waals surface area contributed by atoms with Crippen LogP contribution >= 0.6 is 0 Å². The highest BCUT2D eigenvalue weighted by atomic mass is 16.5. The van der Waals surface area contributed by atoms with Gasteiger partial charge in [-0.05, 0) is 32.4 Å². The molecule has 0 aromatic heterocycles. The van der Waals surface area contributed by atoms with Gasteiger partial charge in [0.1, 0.15) is 0 Å². The average Bonchev–Trinajstić information content (AvgIpc) is 3.08. The third-order valence-corrected chi connectivity index (χ3v) is 3.18. The molecule has 16 heavy (non-hydrogen) atoms. The van der Waals surface area contributed by atoms with Crippen molar-refractivity contribution in [1.82, 2.24) is 10.2 Å². The van der Waals surface area contributed by atoms with Crippen molar-refractivity contribution in [3.05, 3.63) is 0 Å². The molecule has 0 spiro atoms. The Morgan fingerprint density at radius 1 is 1.38 bits per heavy atom. The molecule has 3 nitrogen and oxygen atoms in total. The Labute approximate surface area is 101 Å². The molecular weight excluding hydrogens is 200 g/mol. The fourth-order valence-electron chi connectivity index (χ4n) is 2.17. The van der Waals surface area contributed by atoms with Crippen molar-refractivity contribution < 1.29 is 4.74 Å². The van der Waals surface area contributed by atoms with E-state index in [1.807, 2.05) is 0 Å². The second kappa shape index (κ2) is 8.04. The Balaban J connectivity index is 2.31. The van der Waals surface area contributed by atoms with E-state index in [1.165, 1.54) is 32.2 Å². The molecule has 0 saturated heterocycles. The monoisotopic (exact) mass is 228 g/mol. The van der Waals surface area contributed by atoms with Crippen LogP contribution < -0.4 is 5.32 Å². The summed E-state index contributed by atoms with van der Waals surface area (Å²) in [6, 6.07) is 1.36. The van der Waals surface area contributed by atoms with Crippen LogP contribution in [0.5, 0.6) is 0 Å². The Hall–Kier alpha value is -0.120. The molecule has 1 N–H and O–H groups in total. The van der Waals surface area contributed by atoms with Gasteiger partial charge in [0.15, 0.2) is 0 Å². The first-order valence-electron chi connectivity index (χ1n) is 6.78. The lowest BCUT2D eigenvalue weighted by Crippen LogP contribution is -2.44. The largest absolute Gasteiger partial charge is 0.383 e. The summed E-state index contributed by atoms with van der Waals surface area (Å²) in [5.74, 6) is 0. The first kappa shape index (κ1) is 13.9. The first-order valence-corrected chi connectivity index (χ1v) is 6.78. The lowest BCUT2D eigenvalue weighted by molar-refractivity contribution is 0.135. The maximum Gasteiger partial charge on any atom is 0.0628 e. The number of hydrogen-bond donors (Lipinski definition) is 1. The summed E-state index contributed by atoms with van der Waals surface area (Å²) in [4.78, 5) is 2.65. The topological polar surface area (TPSA) is 24.5 Å². The van der Waals surface area contributed by atoms with E-state index in [0.29, 0.717) is 6.04 Å². The van der Waals surface area contributed by atoms with E-state index in [2.05, 4.69) is 24.1 Å². The predicted octanol–water partition coefficient (Wildman–Crippen LogP) is 1.88. The van der Waals surface area contributed by atoms with Crippen molar-refractivity contribution in [3.8, 4) is 0 Å². The van der Waals surface area contributed by atoms with Gasteiger partial charge in [-0.3, -0.25) is 4.90 Å². The SMILES string of the molecule is CCCCN(CC(COC)NCC)C1CC1. The molecule has 1 atom stereocenters. The van der Waals surface area contributed by atoms with Gasteiger partial charge in [-0.25, -0.2) is 0 Å². The van der Waals surface area contributed by atoms with Gasteiger partial charge < -0.3 is 10.1 Å². The summed E-state index contributed by atoms with van der Waals surface area (Å²) in [7, 11) is 1.79. The van der Waals surface area contributed by atoms with Crippen molar-refractivity contribution in [1.29, 1.82) is 0 Å². The molecule has 0 amide bonds. The molecule has 0 radical (unpaired) electrons. The van der Waals surface area contributed by atoms with Gasteiger partial charge >= 0.3 is 0 Å². The average molecular weight is 228 g/mol. The standard InChI is InChI=1S/C13H28N2O/c1-4-6-9-15(13-7-8-13)10-12(11-16-3)14-5-2/h12-14H,4-11H2,1-3H3. The Bertz CT molecular complexity index is 165. The van der Waals surface area contributed by atoms with E-state index in [1.54, 1.807) is 7.11 Å². The van der Waals surface area contributed by atoms with Crippen LogP contribution in [-0.2, 0) is 4.74 Å². The van der Waals surface area contributed by atoms with E-state index in [4.69, 9.17) is 4.74 Å². The molecular formula is C13H28N2O. The van der Waals surface area contributed by atoms with Crippen molar-refractivity contribution in [2.24, 2.45) is 0 Å². The number of unbranched alkanes of at least 4 members (excludes halogenated alkanes) is 1. The summed E-state index contributed by atoms with van der Waals surface area (Å²) in [5.41, 5.74) is 0.